The van der Waals surface area contributed by atoms with Gasteiger partial charge in [-0.15, -0.1) is 0 Å². The van der Waals surface area contributed by atoms with E-state index in [0.717, 1.165) is 28.8 Å². The lowest BCUT2D eigenvalue weighted by Crippen LogP contribution is -2.38. The van der Waals surface area contributed by atoms with Crippen molar-refractivity contribution in [2.24, 2.45) is 5.41 Å². The van der Waals surface area contributed by atoms with Crippen molar-refractivity contribution in [1.29, 1.82) is 0 Å². The molecular formula is C16H23FINO. The Bertz CT molecular complexity index is 454. The Kier molecular flexibility index (Phi) is 5.42. The minimum absolute atomic E-state index is 0.247. The number of hydrogen-bond acceptors (Lipinski definition) is 2. The Morgan fingerprint density at radius 3 is 2.60 bits per heavy atom. The van der Waals surface area contributed by atoms with E-state index in [4.69, 9.17) is 0 Å². The molecule has 112 valence electrons. The maximum absolute atomic E-state index is 13.1. The van der Waals surface area contributed by atoms with E-state index in [-0.39, 0.29) is 5.82 Å². The average molecular weight is 391 g/mol. The molecule has 4 heteroatoms. The Hall–Kier alpha value is -0.200. The van der Waals surface area contributed by atoms with Crippen LogP contribution < -0.4 is 0 Å². The fraction of sp³-hybridized carbons (Fsp3) is 0.625. The van der Waals surface area contributed by atoms with E-state index in [2.05, 4.69) is 41.3 Å². The van der Waals surface area contributed by atoms with Crippen molar-refractivity contribution in [2.75, 3.05) is 19.6 Å². The van der Waals surface area contributed by atoms with Crippen molar-refractivity contribution in [3.63, 3.8) is 0 Å². The van der Waals surface area contributed by atoms with E-state index in [9.17, 15) is 9.50 Å². The van der Waals surface area contributed by atoms with Crippen LogP contribution in [0.5, 0.6) is 0 Å². The predicted molar refractivity (Wildman–Crippen MR) is 88.1 cm³/mol. The molecule has 20 heavy (non-hydrogen) atoms. The zero-order valence-electron chi connectivity index (χ0n) is 12.2. The van der Waals surface area contributed by atoms with Crippen molar-refractivity contribution in [2.45, 2.75) is 39.2 Å². The molecular weight excluding hydrogens is 368 g/mol. The van der Waals surface area contributed by atoms with E-state index in [0.29, 0.717) is 11.8 Å². The van der Waals surface area contributed by atoms with Gasteiger partial charge in [-0.2, -0.15) is 0 Å². The number of benzene rings is 1. The van der Waals surface area contributed by atoms with E-state index in [1.165, 1.54) is 25.0 Å². The number of hydrogen-bond donors (Lipinski definition) is 1. The van der Waals surface area contributed by atoms with Gasteiger partial charge in [-0.05, 0) is 78.1 Å². The third-order valence-electron chi connectivity index (χ3n) is 4.25. The summed E-state index contributed by atoms with van der Waals surface area (Å²) < 4.78 is 13.9. The molecule has 1 aliphatic heterocycles. The van der Waals surface area contributed by atoms with Crippen molar-refractivity contribution in [1.82, 2.24) is 4.90 Å². The zero-order chi connectivity index (χ0) is 14.8. The minimum atomic E-state index is -0.502. The van der Waals surface area contributed by atoms with Crippen molar-refractivity contribution in [3.8, 4) is 0 Å². The first-order chi connectivity index (χ1) is 9.37. The molecule has 2 nitrogen and oxygen atoms in total. The monoisotopic (exact) mass is 391 g/mol. The van der Waals surface area contributed by atoms with E-state index >= 15 is 0 Å². The fourth-order valence-electron chi connectivity index (χ4n) is 2.61. The number of aliphatic hydroxyl groups is 1. The highest BCUT2D eigenvalue weighted by Crippen LogP contribution is 2.30. The third-order valence-corrected chi connectivity index (χ3v) is 5.18. The average Bonchev–Trinajstić information content (AvgIpc) is 2.37. The Morgan fingerprint density at radius 2 is 2.00 bits per heavy atom. The normalized spacial score (nSPS) is 20.9. The summed E-state index contributed by atoms with van der Waals surface area (Å²) in [6.07, 6.45) is 2.65. The first-order valence-electron chi connectivity index (χ1n) is 7.23. The predicted octanol–water partition coefficient (Wildman–Crippen LogP) is 3.98. The third kappa shape index (κ3) is 4.40. The number of rotatable bonds is 4. The zero-order valence-corrected chi connectivity index (χ0v) is 14.4. The molecule has 2 rings (SSSR count). The Labute approximate surface area is 134 Å². The highest BCUT2D eigenvalue weighted by Gasteiger charge is 2.25. The quantitative estimate of drug-likeness (QED) is 0.786. The molecule has 1 heterocycles. The number of likely N-dealkylation sites (tertiary alicyclic amines) is 1. The van der Waals surface area contributed by atoms with Crippen LogP contribution in [0.25, 0.3) is 0 Å². The van der Waals surface area contributed by atoms with Gasteiger partial charge in [0.1, 0.15) is 5.82 Å². The second-order valence-corrected chi connectivity index (χ2v) is 7.64. The van der Waals surface area contributed by atoms with Gasteiger partial charge >= 0.3 is 0 Å². The van der Waals surface area contributed by atoms with E-state index < -0.39 is 6.10 Å². The molecule has 0 aromatic heterocycles. The van der Waals surface area contributed by atoms with Crippen LogP contribution in [0.15, 0.2) is 18.2 Å². The fourth-order valence-corrected chi connectivity index (χ4v) is 3.45. The molecule has 1 atom stereocenters. The van der Waals surface area contributed by atoms with Crippen LogP contribution >= 0.6 is 22.6 Å². The molecule has 0 radical (unpaired) electrons. The lowest BCUT2D eigenvalue weighted by molar-refractivity contribution is 0.101. The van der Waals surface area contributed by atoms with Crippen molar-refractivity contribution in [3.05, 3.63) is 33.1 Å². The molecule has 1 aromatic rings. The number of aliphatic hydroxyl groups excluding tert-OH is 1. The number of halogens is 2. The molecule has 1 N–H and O–H groups in total. The van der Waals surface area contributed by atoms with Gasteiger partial charge in [0.15, 0.2) is 0 Å². The summed E-state index contributed by atoms with van der Waals surface area (Å²) in [6, 6.07) is 4.59. The summed E-state index contributed by atoms with van der Waals surface area (Å²) in [5, 5.41) is 10.3. The van der Waals surface area contributed by atoms with E-state index in [1.54, 1.807) is 6.07 Å². The Balaban J connectivity index is 1.85. The van der Waals surface area contributed by atoms with Gasteiger partial charge in [0.2, 0.25) is 0 Å². The maximum atomic E-state index is 13.1. The van der Waals surface area contributed by atoms with Crippen LogP contribution in [-0.4, -0.2) is 29.6 Å². The van der Waals surface area contributed by atoms with Gasteiger partial charge < -0.3 is 10.0 Å². The minimum Gasteiger partial charge on any atom is -0.388 e. The first-order valence-corrected chi connectivity index (χ1v) is 8.31. The smallest absolute Gasteiger partial charge is 0.124 e. The highest BCUT2D eigenvalue weighted by molar-refractivity contribution is 14.1. The summed E-state index contributed by atoms with van der Waals surface area (Å²) in [4.78, 5) is 2.42. The van der Waals surface area contributed by atoms with Crippen LogP contribution in [0.2, 0.25) is 0 Å². The maximum Gasteiger partial charge on any atom is 0.124 e. The van der Waals surface area contributed by atoms with Crippen LogP contribution in [-0.2, 0) is 0 Å². The van der Waals surface area contributed by atoms with Crippen LogP contribution in [0.4, 0.5) is 4.39 Å². The largest absolute Gasteiger partial charge is 0.388 e. The van der Waals surface area contributed by atoms with Crippen molar-refractivity contribution < 1.29 is 9.50 Å². The molecule has 1 saturated heterocycles. The highest BCUT2D eigenvalue weighted by atomic mass is 127. The molecule has 1 unspecified atom stereocenters. The van der Waals surface area contributed by atoms with Gasteiger partial charge in [0.05, 0.1) is 6.10 Å². The standard InChI is InChI=1S/C16H23FINO/c1-16(2)6-9-19(10-7-16)8-5-15(20)13-4-3-12(17)11-14(13)18/h3-4,11,15,20H,5-10H2,1-2H3. The SMILES string of the molecule is CC1(C)CCN(CCC(O)c2ccc(F)cc2I)CC1. The van der Waals surface area contributed by atoms with Crippen LogP contribution in [0, 0.1) is 14.8 Å². The summed E-state index contributed by atoms with van der Waals surface area (Å²) in [5.41, 5.74) is 1.30. The van der Waals surface area contributed by atoms with Gasteiger partial charge in [-0.25, -0.2) is 4.39 Å². The Morgan fingerprint density at radius 1 is 1.35 bits per heavy atom. The van der Waals surface area contributed by atoms with E-state index in [1.807, 2.05) is 0 Å². The van der Waals surface area contributed by atoms with Crippen LogP contribution in [0.3, 0.4) is 0 Å². The molecule has 1 fully saturated rings. The van der Waals surface area contributed by atoms with Crippen LogP contribution in [0.1, 0.15) is 44.8 Å². The molecule has 1 aliphatic rings. The lowest BCUT2D eigenvalue weighted by Gasteiger charge is -2.37. The van der Waals surface area contributed by atoms with Gasteiger partial charge in [-0.1, -0.05) is 19.9 Å². The molecule has 1 aromatic carbocycles. The second-order valence-electron chi connectivity index (χ2n) is 6.48. The number of nitrogens with zero attached hydrogens (tertiary/aromatic N) is 1. The van der Waals surface area contributed by atoms with Gasteiger partial charge in [-0.3, -0.25) is 0 Å². The summed E-state index contributed by atoms with van der Waals surface area (Å²) in [5.74, 6) is -0.247. The lowest BCUT2D eigenvalue weighted by atomic mass is 9.82. The molecule has 0 bridgehead atoms. The van der Waals surface area contributed by atoms with Gasteiger partial charge in [0, 0.05) is 10.1 Å². The molecule has 0 spiro atoms. The van der Waals surface area contributed by atoms with Crippen molar-refractivity contribution >= 4 is 22.6 Å². The molecule has 0 aliphatic carbocycles. The summed E-state index contributed by atoms with van der Waals surface area (Å²) in [7, 11) is 0. The number of piperidine rings is 1. The second kappa shape index (κ2) is 6.71. The first kappa shape index (κ1) is 16.2. The van der Waals surface area contributed by atoms with Gasteiger partial charge in [0.25, 0.3) is 0 Å². The molecule has 0 saturated carbocycles. The topological polar surface area (TPSA) is 23.5 Å². The molecule has 0 amide bonds. The summed E-state index contributed by atoms with van der Waals surface area (Å²) in [6.45, 7) is 7.77. The summed E-state index contributed by atoms with van der Waals surface area (Å²) >= 11 is 2.09.